The molecule has 0 saturated carbocycles. The van der Waals surface area contributed by atoms with Crippen LogP contribution in [0.15, 0.2) is 36.5 Å². The van der Waals surface area contributed by atoms with E-state index < -0.39 is 0 Å². The fourth-order valence-electron chi connectivity index (χ4n) is 0.762. The lowest BCUT2D eigenvalue weighted by Gasteiger charge is -1.94. The van der Waals surface area contributed by atoms with E-state index in [0.717, 1.165) is 6.42 Å². The zero-order chi connectivity index (χ0) is 7.82. The van der Waals surface area contributed by atoms with Crippen molar-refractivity contribution in [3.05, 3.63) is 36.5 Å². The molecule has 0 saturated heterocycles. The lowest BCUT2D eigenvalue weighted by atomic mass is 10.1. The molecule has 0 fully saturated rings. The van der Waals surface area contributed by atoms with Crippen LogP contribution in [0.25, 0.3) is 0 Å². The summed E-state index contributed by atoms with van der Waals surface area (Å²) in [7, 11) is 0. The quantitative estimate of drug-likeness (QED) is 0.519. The molecule has 56 valence electrons. The van der Waals surface area contributed by atoms with Crippen molar-refractivity contribution in [2.24, 2.45) is 0 Å². The Kier molecular flexibility index (Phi) is 5.85. The predicted molar refractivity (Wildman–Crippen MR) is 48.0 cm³/mol. The Hall–Kier alpha value is -0.780. The summed E-state index contributed by atoms with van der Waals surface area (Å²) in [6.07, 6.45) is 10.4. The molecule has 0 aromatic rings. The number of hydrogen-bond acceptors (Lipinski definition) is 0. The van der Waals surface area contributed by atoms with Crippen LogP contribution in [0.5, 0.6) is 0 Å². The third-order valence-electron chi connectivity index (χ3n) is 1.30. The first-order chi connectivity index (χ1) is 4.85. The maximum atomic E-state index is 3.73. The highest BCUT2D eigenvalue weighted by Crippen LogP contribution is 2.04. The fraction of sp³-hybridized carbons (Fsp3) is 0.400. The average Bonchev–Trinajstić information content (AvgIpc) is 1.98. The summed E-state index contributed by atoms with van der Waals surface area (Å²) in [6, 6.07) is 0. The van der Waals surface area contributed by atoms with Gasteiger partial charge in [-0.3, -0.25) is 0 Å². The maximum absolute atomic E-state index is 3.73. The Morgan fingerprint density at radius 1 is 1.50 bits per heavy atom. The molecule has 0 unspecified atom stereocenters. The summed E-state index contributed by atoms with van der Waals surface area (Å²) < 4.78 is 0. The van der Waals surface area contributed by atoms with Crippen LogP contribution >= 0.6 is 0 Å². The van der Waals surface area contributed by atoms with E-state index in [-0.39, 0.29) is 0 Å². The van der Waals surface area contributed by atoms with Crippen LogP contribution in [0.2, 0.25) is 0 Å². The van der Waals surface area contributed by atoms with E-state index in [2.05, 4.69) is 19.6 Å². The smallest absolute Gasteiger partial charge is 0.0282 e. The van der Waals surface area contributed by atoms with E-state index in [1.54, 1.807) is 0 Å². The summed E-state index contributed by atoms with van der Waals surface area (Å²) in [4.78, 5) is 0. The third kappa shape index (κ3) is 4.13. The Balaban J connectivity index is 3.90. The second-order valence-corrected chi connectivity index (χ2v) is 2.22. The fourth-order valence-corrected chi connectivity index (χ4v) is 0.762. The molecule has 0 amide bonds. The minimum absolute atomic E-state index is 1.13. The van der Waals surface area contributed by atoms with Crippen molar-refractivity contribution in [2.75, 3.05) is 0 Å². The molecule has 0 heterocycles. The maximum Gasteiger partial charge on any atom is -0.0282 e. The van der Waals surface area contributed by atoms with Crippen molar-refractivity contribution < 1.29 is 0 Å². The Morgan fingerprint density at radius 2 is 2.20 bits per heavy atom. The standard InChI is InChI=1S/C10H16/c1-4-7-9-10(6-3)8-5-2/h4,6-7,9H,3,5,8H2,1-2H3/b7-4?,10-9+. The Labute approximate surface area is 64.0 Å². The second-order valence-electron chi connectivity index (χ2n) is 2.22. The van der Waals surface area contributed by atoms with Gasteiger partial charge < -0.3 is 0 Å². The van der Waals surface area contributed by atoms with Gasteiger partial charge in [-0.15, -0.1) is 0 Å². The summed E-state index contributed by atoms with van der Waals surface area (Å²) >= 11 is 0. The molecule has 0 radical (unpaired) electrons. The van der Waals surface area contributed by atoms with E-state index >= 15 is 0 Å². The van der Waals surface area contributed by atoms with Crippen LogP contribution < -0.4 is 0 Å². The zero-order valence-corrected chi connectivity index (χ0v) is 6.93. The van der Waals surface area contributed by atoms with Crippen molar-refractivity contribution in [3.8, 4) is 0 Å². The number of allylic oxidation sites excluding steroid dienone is 5. The monoisotopic (exact) mass is 136 g/mol. The van der Waals surface area contributed by atoms with Gasteiger partial charge in [0.25, 0.3) is 0 Å². The van der Waals surface area contributed by atoms with Crippen LogP contribution in [0, 0.1) is 0 Å². The molecule has 0 aromatic carbocycles. The highest BCUT2D eigenvalue weighted by atomic mass is 13.9. The number of rotatable bonds is 4. The minimum Gasteiger partial charge on any atom is -0.0988 e. The van der Waals surface area contributed by atoms with Crippen LogP contribution in [0.3, 0.4) is 0 Å². The molecule has 10 heavy (non-hydrogen) atoms. The highest BCUT2D eigenvalue weighted by Gasteiger charge is 1.84. The van der Waals surface area contributed by atoms with Gasteiger partial charge in [0.1, 0.15) is 0 Å². The van der Waals surface area contributed by atoms with Gasteiger partial charge >= 0.3 is 0 Å². The topological polar surface area (TPSA) is 0 Å². The largest absolute Gasteiger partial charge is 0.0988 e. The first kappa shape index (κ1) is 9.22. The van der Waals surface area contributed by atoms with Gasteiger partial charge in [-0.1, -0.05) is 44.2 Å². The number of hydrogen-bond donors (Lipinski definition) is 0. The molecule has 0 atom stereocenters. The lowest BCUT2D eigenvalue weighted by molar-refractivity contribution is 0.927. The first-order valence-corrected chi connectivity index (χ1v) is 3.79. The van der Waals surface area contributed by atoms with Gasteiger partial charge in [0.15, 0.2) is 0 Å². The molecule has 0 heteroatoms. The van der Waals surface area contributed by atoms with Crippen molar-refractivity contribution in [3.63, 3.8) is 0 Å². The van der Waals surface area contributed by atoms with E-state index in [1.165, 1.54) is 12.0 Å². The second kappa shape index (κ2) is 6.34. The molecule has 0 bridgehead atoms. The SMILES string of the molecule is C=C/C(=C\C=CC)CCC. The molecule has 0 spiro atoms. The molecule has 0 aliphatic rings. The molecule has 0 aromatic heterocycles. The Bertz CT molecular complexity index is 138. The van der Waals surface area contributed by atoms with Crippen molar-refractivity contribution in [2.45, 2.75) is 26.7 Å². The van der Waals surface area contributed by atoms with E-state index in [4.69, 9.17) is 0 Å². The van der Waals surface area contributed by atoms with Crippen molar-refractivity contribution >= 4 is 0 Å². The van der Waals surface area contributed by atoms with Crippen molar-refractivity contribution in [1.29, 1.82) is 0 Å². The normalized spacial score (nSPS) is 12.4. The Morgan fingerprint density at radius 3 is 2.60 bits per heavy atom. The molecular weight excluding hydrogens is 120 g/mol. The van der Waals surface area contributed by atoms with Gasteiger partial charge in [0, 0.05) is 0 Å². The van der Waals surface area contributed by atoms with Gasteiger partial charge in [-0.05, 0) is 18.9 Å². The zero-order valence-electron chi connectivity index (χ0n) is 6.93. The van der Waals surface area contributed by atoms with E-state index in [1.807, 2.05) is 25.2 Å². The summed E-state index contributed by atoms with van der Waals surface area (Å²) in [5.74, 6) is 0. The summed E-state index contributed by atoms with van der Waals surface area (Å²) in [5, 5.41) is 0. The summed E-state index contributed by atoms with van der Waals surface area (Å²) in [6.45, 7) is 7.92. The van der Waals surface area contributed by atoms with Gasteiger partial charge in [-0.25, -0.2) is 0 Å². The summed E-state index contributed by atoms with van der Waals surface area (Å²) in [5.41, 5.74) is 1.32. The predicted octanol–water partition coefficient (Wildman–Crippen LogP) is 3.48. The molecule has 0 rings (SSSR count). The van der Waals surface area contributed by atoms with Gasteiger partial charge in [0.05, 0.1) is 0 Å². The van der Waals surface area contributed by atoms with Crippen LogP contribution in [-0.2, 0) is 0 Å². The minimum atomic E-state index is 1.13. The molecule has 0 aliphatic heterocycles. The van der Waals surface area contributed by atoms with Crippen LogP contribution in [-0.4, -0.2) is 0 Å². The van der Waals surface area contributed by atoms with Crippen LogP contribution in [0.4, 0.5) is 0 Å². The lowest BCUT2D eigenvalue weighted by Crippen LogP contribution is -1.74. The van der Waals surface area contributed by atoms with Crippen molar-refractivity contribution in [1.82, 2.24) is 0 Å². The highest BCUT2D eigenvalue weighted by molar-refractivity contribution is 5.21. The molecule has 0 aliphatic carbocycles. The molecular formula is C10H16. The van der Waals surface area contributed by atoms with E-state index in [9.17, 15) is 0 Å². The molecule has 0 nitrogen and oxygen atoms in total. The van der Waals surface area contributed by atoms with Gasteiger partial charge in [0.2, 0.25) is 0 Å². The average molecular weight is 136 g/mol. The van der Waals surface area contributed by atoms with Gasteiger partial charge in [-0.2, -0.15) is 0 Å². The molecule has 0 N–H and O–H groups in total. The third-order valence-corrected chi connectivity index (χ3v) is 1.30. The van der Waals surface area contributed by atoms with E-state index in [0.29, 0.717) is 0 Å². The first-order valence-electron chi connectivity index (χ1n) is 3.79. The van der Waals surface area contributed by atoms with Crippen LogP contribution in [0.1, 0.15) is 26.7 Å².